The molecule has 0 saturated heterocycles. The molecule has 0 heterocycles. The predicted molar refractivity (Wildman–Crippen MR) is 71.0 cm³/mol. The van der Waals surface area contributed by atoms with E-state index in [0.29, 0.717) is 11.3 Å². The summed E-state index contributed by atoms with van der Waals surface area (Å²) in [6, 6.07) is 5.22. The molecule has 0 aromatic heterocycles. The minimum absolute atomic E-state index is 0.446. The standard InChI is InChI=1S/C11H17N3OS/c1-14(5-6-16-2)10-4-3-8(12)7-9(10)11(13)15/h3-4,7H,5-6,12H2,1-2H3,(H2,13,15). The Kier molecular flexibility index (Phi) is 4.49. The summed E-state index contributed by atoms with van der Waals surface area (Å²) in [6.07, 6.45) is 2.05. The second-order valence-electron chi connectivity index (χ2n) is 3.56. The molecule has 4 nitrogen and oxygen atoms in total. The lowest BCUT2D eigenvalue weighted by atomic mass is 10.1. The number of carbonyl (C=O) groups excluding carboxylic acids is 1. The number of primary amides is 1. The molecule has 1 aromatic rings. The second kappa shape index (κ2) is 5.65. The molecule has 0 bridgehead atoms. The molecule has 16 heavy (non-hydrogen) atoms. The number of amides is 1. The van der Waals surface area contributed by atoms with Crippen molar-refractivity contribution in [3.8, 4) is 0 Å². The van der Waals surface area contributed by atoms with E-state index in [1.807, 2.05) is 24.3 Å². The van der Waals surface area contributed by atoms with Crippen molar-refractivity contribution in [3.63, 3.8) is 0 Å². The zero-order chi connectivity index (χ0) is 12.1. The molecule has 1 aromatic carbocycles. The zero-order valence-electron chi connectivity index (χ0n) is 9.56. The van der Waals surface area contributed by atoms with Gasteiger partial charge in [-0.25, -0.2) is 0 Å². The van der Waals surface area contributed by atoms with Gasteiger partial charge in [0.2, 0.25) is 0 Å². The van der Waals surface area contributed by atoms with Gasteiger partial charge in [-0.2, -0.15) is 11.8 Å². The van der Waals surface area contributed by atoms with E-state index in [-0.39, 0.29) is 0 Å². The van der Waals surface area contributed by atoms with Crippen molar-refractivity contribution in [3.05, 3.63) is 23.8 Å². The van der Waals surface area contributed by atoms with Crippen LogP contribution in [0.5, 0.6) is 0 Å². The van der Waals surface area contributed by atoms with E-state index in [1.165, 1.54) is 0 Å². The molecule has 0 saturated carbocycles. The maximum Gasteiger partial charge on any atom is 0.250 e. The van der Waals surface area contributed by atoms with Crippen molar-refractivity contribution in [1.82, 2.24) is 0 Å². The summed E-state index contributed by atoms with van der Waals surface area (Å²) >= 11 is 1.76. The van der Waals surface area contributed by atoms with E-state index in [4.69, 9.17) is 11.5 Å². The number of nitrogen functional groups attached to an aromatic ring is 1. The fourth-order valence-electron chi connectivity index (χ4n) is 1.43. The van der Waals surface area contributed by atoms with Crippen molar-refractivity contribution in [2.45, 2.75) is 0 Å². The molecule has 0 aliphatic heterocycles. The number of nitrogens with two attached hydrogens (primary N) is 2. The molecule has 0 aliphatic carbocycles. The highest BCUT2D eigenvalue weighted by Crippen LogP contribution is 2.21. The summed E-state index contributed by atoms with van der Waals surface area (Å²) in [5.74, 6) is 0.553. The topological polar surface area (TPSA) is 72.3 Å². The smallest absolute Gasteiger partial charge is 0.250 e. The summed E-state index contributed by atoms with van der Waals surface area (Å²) in [5.41, 5.74) is 12.8. The van der Waals surface area contributed by atoms with Gasteiger partial charge in [-0.1, -0.05) is 0 Å². The number of nitrogens with zero attached hydrogens (tertiary/aromatic N) is 1. The average molecular weight is 239 g/mol. The fourth-order valence-corrected chi connectivity index (χ4v) is 1.89. The van der Waals surface area contributed by atoms with Crippen LogP contribution in [0.1, 0.15) is 10.4 Å². The van der Waals surface area contributed by atoms with Crippen molar-refractivity contribution in [2.75, 3.05) is 36.2 Å². The van der Waals surface area contributed by atoms with Crippen LogP contribution in [-0.4, -0.2) is 31.5 Å². The van der Waals surface area contributed by atoms with Gasteiger partial charge in [0.25, 0.3) is 5.91 Å². The number of hydrogen-bond acceptors (Lipinski definition) is 4. The van der Waals surface area contributed by atoms with E-state index in [1.54, 1.807) is 23.9 Å². The molecule has 1 amide bonds. The number of rotatable bonds is 5. The lowest BCUT2D eigenvalue weighted by Crippen LogP contribution is -2.24. The highest BCUT2D eigenvalue weighted by atomic mass is 32.2. The molecule has 0 unspecified atom stereocenters. The third-order valence-corrected chi connectivity index (χ3v) is 2.92. The Morgan fingerprint density at radius 1 is 1.50 bits per heavy atom. The van der Waals surface area contributed by atoms with Crippen LogP contribution in [0.3, 0.4) is 0 Å². The van der Waals surface area contributed by atoms with Crippen LogP contribution in [0.2, 0.25) is 0 Å². The van der Waals surface area contributed by atoms with Gasteiger partial charge in [0.05, 0.1) is 5.56 Å². The van der Waals surface area contributed by atoms with Gasteiger partial charge in [0.1, 0.15) is 0 Å². The SMILES string of the molecule is CSCCN(C)c1ccc(N)cc1C(N)=O. The Bertz CT molecular complexity index is 381. The monoisotopic (exact) mass is 239 g/mol. The van der Waals surface area contributed by atoms with E-state index in [2.05, 4.69) is 0 Å². The molecule has 0 fully saturated rings. The van der Waals surface area contributed by atoms with E-state index in [0.717, 1.165) is 18.0 Å². The lowest BCUT2D eigenvalue weighted by molar-refractivity contribution is 0.100. The van der Waals surface area contributed by atoms with Crippen molar-refractivity contribution < 1.29 is 4.79 Å². The molecule has 0 atom stereocenters. The number of carbonyl (C=O) groups is 1. The van der Waals surface area contributed by atoms with Gasteiger partial charge in [-0.15, -0.1) is 0 Å². The normalized spacial score (nSPS) is 10.1. The number of benzene rings is 1. The predicted octanol–water partition coefficient (Wildman–Crippen LogP) is 1.17. The van der Waals surface area contributed by atoms with Crippen molar-refractivity contribution in [2.24, 2.45) is 5.73 Å². The molecular formula is C11H17N3OS. The maximum atomic E-state index is 11.3. The third-order valence-electron chi connectivity index (χ3n) is 2.33. The van der Waals surface area contributed by atoms with Crippen LogP contribution in [0.15, 0.2) is 18.2 Å². The van der Waals surface area contributed by atoms with Gasteiger partial charge in [0, 0.05) is 30.7 Å². The molecule has 0 spiro atoms. The van der Waals surface area contributed by atoms with Gasteiger partial charge < -0.3 is 16.4 Å². The Labute approximate surface area is 100.0 Å². The summed E-state index contributed by atoms with van der Waals surface area (Å²) < 4.78 is 0. The first kappa shape index (κ1) is 12.7. The van der Waals surface area contributed by atoms with Crippen LogP contribution in [0.25, 0.3) is 0 Å². The zero-order valence-corrected chi connectivity index (χ0v) is 10.4. The third kappa shape index (κ3) is 3.06. The first-order valence-electron chi connectivity index (χ1n) is 4.95. The second-order valence-corrected chi connectivity index (χ2v) is 4.54. The quantitative estimate of drug-likeness (QED) is 0.756. The first-order chi connectivity index (χ1) is 7.56. The molecule has 1 rings (SSSR count). The number of hydrogen-bond donors (Lipinski definition) is 2. The van der Waals surface area contributed by atoms with Crippen LogP contribution in [0.4, 0.5) is 11.4 Å². The highest BCUT2D eigenvalue weighted by molar-refractivity contribution is 7.98. The minimum atomic E-state index is -0.446. The van der Waals surface area contributed by atoms with Crippen LogP contribution >= 0.6 is 11.8 Å². The average Bonchev–Trinajstić information content (AvgIpc) is 2.25. The van der Waals surface area contributed by atoms with E-state index in [9.17, 15) is 4.79 Å². The largest absolute Gasteiger partial charge is 0.399 e. The molecular weight excluding hydrogens is 222 g/mol. The molecule has 5 heteroatoms. The van der Waals surface area contributed by atoms with Crippen LogP contribution in [-0.2, 0) is 0 Å². The van der Waals surface area contributed by atoms with Crippen LogP contribution < -0.4 is 16.4 Å². The van der Waals surface area contributed by atoms with Gasteiger partial charge in [-0.3, -0.25) is 4.79 Å². The Morgan fingerprint density at radius 3 is 2.75 bits per heavy atom. The summed E-state index contributed by atoms with van der Waals surface area (Å²) in [5, 5.41) is 0. The van der Waals surface area contributed by atoms with Crippen LogP contribution in [0, 0.1) is 0 Å². The van der Waals surface area contributed by atoms with Gasteiger partial charge in [0.15, 0.2) is 0 Å². The fraction of sp³-hybridized carbons (Fsp3) is 0.364. The van der Waals surface area contributed by atoms with E-state index >= 15 is 0 Å². The Hall–Kier alpha value is -1.36. The number of anilines is 2. The molecule has 0 radical (unpaired) electrons. The molecule has 0 aliphatic rings. The van der Waals surface area contributed by atoms with Gasteiger partial charge >= 0.3 is 0 Å². The maximum absolute atomic E-state index is 11.3. The lowest BCUT2D eigenvalue weighted by Gasteiger charge is -2.21. The minimum Gasteiger partial charge on any atom is -0.399 e. The van der Waals surface area contributed by atoms with Crippen molar-refractivity contribution >= 4 is 29.0 Å². The van der Waals surface area contributed by atoms with Gasteiger partial charge in [-0.05, 0) is 24.5 Å². The summed E-state index contributed by atoms with van der Waals surface area (Å²) in [4.78, 5) is 13.3. The molecule has 4 N–H and O–H groups in total. The van der Waals surface area contributed by atoms with E-state index < -0.39 is 5.91 Å². The first-order valence-corrected chi connectivity index (χ1v) is 6.35. The summed E-state index contributed by atoms with van der Waals surface area (Å²) in [6.45, 7) is 0.866. The summed E-state index contributed by atoms with van der Waals surface area (Å²) in [7, 11) is 1.94. The van der Waals surface area contributed by atoms with Crippen molar-refractivity contribution in [1.29, 1.82) is 0 Å². The Balaban J connectivity index is 2.98. The Morgan fingerprint density at radius 2 is 2.19 bits per heavy atom. The molecule has 88 valence electrons. The highest BCUT2D eigenvalue weighted by Gasteiger charge is 2.11. The number of thioether (sulfide) groups is 1.